The summed E-state index contributed by atoms with van der Waals surface area (Å²) < 4.78 is 14.5. The number of aromatic carboxylic acids is 1. The van der Waals surface area contributed by atoms with Crippen LogP contribution >= 0.6 is 0 Å². The molecule has 4 nitrogen and oxygen atoms in total. The second-order valence-corrected chi connectivity index (χ2v) is 4.45. The van der Waals surface area contributed by atoms with E-state index in [2.05, 4.69) is 4.98 Å². The Balaban J connectivity index is 2.07. The standard InChI is InChI=1S/C15H11FN2O2/c16-11-6-4-10(5-7-11)8-14-17-9-12-2-1-3-13(15(19)20)18(12)14/h1-7,9H,8H2,(H,19,20). The van der Waals surface area contributed by atoms with E-state index in [1.54, 1.807) is 34.9 Å². The SMILES string of the molecule is O=C(O)c1cccc2cnc(Cc3ccc(F)cc3)n12. The van der Waals surface area contributed by atoms with Gasteiger partial charge in [-0.25, -0.2) is 14.2 Å². The molecule has 0 saturated heterocycles. The first-order valence-electron chi connectivity index (χ1n) is 6.08. The van der Waals surface area contributed by atoms with Crippen molar-refractivity contribution in [3.8, 4) is 0 Å². The number of benzene rings is 1. The molecule has 0 saturated carbocycles. The number of rotatable bonds is 3. The summed E-state index contributed by atoms with van der Waals surface area (Å²) in [5, 5.41) is 9.23. The van der Waals surface area contributed by atoms with E-state index in [0.717, 1.165) is 11.1 Å². The molecule has 0 amide bonds. The molecular weight excluding hydrogens is 259 g/mol. The van der Waals surface area contributed by atoms with Gasteiger partial charge in [0.1, 0.15) is 17.3 Å². The second-order valence-electron chi connectivity index (χ2n) is 4.45. The number of nitrogens with zero attached hydrogens (tertiary/aromatic N) is 2. The lowest BCUT2D eigenvalue weighted by atomic mass is 10.1. The quantitative estimate of drug-likeness (QED) is 0.796. The molecule has 3 rings (SSSR count). The molecule has 1 N–H and O–H groups in total. The summed E-state index contributed by atoms with van der Waals surface area (Å²) in [6.45, 7) is 0. The zero-order valence-electron chi connectivity index (χ0n) is 10.5. The Labute approximate surface area is 114 Å². The van der Waals surface area contributed by atoms with Crippen LogP contribution in [0.4, 0.5) is 4.39 Å². The van der Waals surface area contributed by atoms with Gasteiger partial charge in [-0.1, -0.05) is 18.2 Å². The van der Waals surface area contributed by atoms with Gasteiger partial charge < -0.3 is 5.11 Å². The van der Waals surface area contributed by atoms with Gasteiger partial charge in [-0.3, -0.25) is 4.40 Å². The van der Waals surface area contributed by atoms with Gasteiger partial charge in [0.2, 0.25) is 0 Å². The van der Waals surface area contributed by atoms with Crippen LogP contribution in [0.25, 0.3) is 5.52 Å². The Morgan fingerprint density at radius 3 is 2.65 bits per heavy atom. The lowest BCUT2D eigenvalue weighted by Gasteiger charge is -2.05. The Kier molecular flexibility index (Phi) is 2.95. The Hall–Kier alpha value is -2.69. The smallest absolute Gasteiger partial charge is 0.352 e. The number of hydrogen-bond donors (Lipinski definition) is 1. The predicted octanol–water partition coefficient (Wildman–Crippen LogP) is 2.76. The van der Waals surface area contributed by atoms with Crippen molar-refractivity contribution in [1.29, 1.82) is 0 Å². The van der Waals surface area contributed by atoms with Crippen LogP contribution in [-0.2, 0) is 6.42 Å². The van der Waals surface area contributed by atoms with Crippen LogP contribution < -0.4 is 0 Å². The van der Waals surface area contributed by atoms with Crippen LogP contribution in [0.2, 0.25) is 0 Å². The highest BCUT2D eigenvalue weighted by Gasteiger charge is 2.12. The van der Waals surface area contributed by atoms with E-state index in [1.165, 1.54) is 18.2 Å². The molecular formula is C15H11FN2O2. The topological polar surface area (TPSA) is 54.6 Å². The van der Waals surface area contributed by atoms with E-state index in [4.69, 9.17) is 0 Å². The Bertz CT molecular complexity index is 778. The van der Waals surface area contributed by atoms with Gasteiger partial charge in [0, 0.05) is 6.42 Å². The van der Waals surface area contributed by atoms with Crippen molar-refractivity contribution in [2.75, 3.05) is 0 Å². The third-order valence-corrected chi connectivity index (χ3v) is 3.12. The van der Waals surface area contributed by atoms with E-state index >= 15 is 0 Å². The van der Waals surface area contributed by atoms with Gasteiger partial charge >= 0.3 is 5.97 Å². The Morgan fingerprint density at radius 2 is 1.95 bits per heavy atom. The predicted molar refractivity (Wildman–Crippen MR) is 71.4 cm³/mol. The molecule has 0 fully saturated rings. The molecule has 20 heavy (non-hydrogen) atoms. The lowest BCUT2D eigenvalue weighted by Crippen LogP contribution is -2.08. The van der Waals surface area contributed by atoms with Crippen molar-refractivity contribution >= 4 is 11.5 Å². The number of pyridine rings is 1. The normalized spacial score (nSPS) is 10.8. The summed E-state index contributed by atoms with van der Waals surface area (Å²) in [7, 11) is 0. The summed E-state index contributed by atoms with van der Waals surface area (Å²) >= 11 is 0. The van der Waals surface area contributed by atoms with Gasteiger partial charge in [0.05, 0.1) is 11.7 Å². The third kappa shape index (κ3) is 2.14. The number of fused-ring (bicyclic) bond motifs is 1. The van der Waals surface area contributed by atoms with E-state index in [1.807, 2.05) is 0 Å². The summed E-state index contributed by atoms with van der Waals surface area (Å²) in [6, 6.07) is 11.1. The minimum Gasteiger partial charge on any atom is -0.477 e. The first-order chi connectivity index (χ1) is 9.65. The molecule has 0 atom stereocenters. The van der Waals surface area contributed by atoms with Gasteiger partial charge in [0.25, 0.3) is 0 Å². The van der Waals surface area contributed by atoms with Crippen molar-refractivity contribution in [2.45, 2.75) is 6.42 Å². The Morgan fingerprint density at radius 1 is 1.20 bits per heavy atom. The van der Waals surface area contributed by atoms with Crippen molar-refractivity contribution < 1.29 is 14.3 Å². The van der Waals surface area contributed by atoms with Crippen LogP contribution in [0.3, 0.4) is 0 Å². The zero-order valence-corrected chi connectivity index (χ0v) is 10.5. The average molecular weight is 270 g/mol. The minimum atomic E-state index is -1.01. The van der Waals surface area contributed by atoms with Gasteiger partial charge in [-0.2, -0.15) is 0 Å². The lowest BCUT2D eigenvalue weighted by molar-refractivity contribution is 0.0688. The molecule has 0 unspecified atom stereocenters. The summed E-state index contributed by atoms with van der Waals surface area (Å²) in [5.41, 5.74) is 1.76. The van der Waals surface area contributed by atoms with E-state index in [-0.39, 0.29) is 11.5 Å². The first kappa shape index (κ1) is 12.3. The van der Waals surface area contributed by atoms with Crippen molar-refractivity contribution in [3.05, 3.63) is 71.6 Å². The number of halogens is 1. The van der Waals surface area contributed by atoms with Gasteiger partial charge in [-0.05, 0) is 29.8 Å². The molecule has 1 aromatic carbocycles. The highest BCUT2D eigenvalue weighted by molar-refractivity contribution is 5.86. The molecule has 2 aromatic heterocycles. The largest absolute Gasteiger partial charge is 0.477 e. The molecule has 0 aliphatic carbocycles. The molecule has 0 bridgehead atoms. The summed E-state index contributed by atoms with van der Waals surface area (Å²) in [6.07, 6.45) is 2.07. The molecule has 0 spiro atoms. The van der Waals surface area contributed by atoms with Crippen molar-refractivity contribution in [2.24, 2.45) is 0 Å². The molecule has 0 radical (unpaired) electrons. The van der Waals surface area contributed by atoms with E-state index < -0.39 is 5.97 Å². The number of aromatic nitrogens is 2. The summed E-state index contributed by atoms with van der Waals surface area (Å²) in [4.78, 5) is 15.5. The van der Waals surface area contributed by atoms with Crippen LogP contribution in [0.15, 0.2) is 48.7 Å². The number of carboxylic acids is 1. The average Bonchev–Trinajstić information content (AvgIpc) is 2.84. The molecule has 100 valence electrons. The molecule has 5 heteroatoms. The van der Waals surface area contributed by atoms with Crippen LogP contribution in [0.1, 0.15) is 21.9 Å². The van der Waals surface area contributed by atoms with Gasteiger partial charge in [-0.15, -0.1) is 0 Å². The third-order valence-electron chi connectivity index (χ3n) is 3.12. The highest BCUT2D eigenvalue weighted by Crippen LogP contribution is 2.15. The first-order valence-corrected chi connectivity index (χ1v) is 6.08. The van der Waals surface area contributed by atoms with Crippen molar-refractivity contribution in [3.63, 3.8) is 0 Å². The zero-order chi connectivity index (χ0) is 14.1. The fraction of sp³-hybridized carbons (Fsp3) is 0.0667. The second kappa shape index (κ2) is 4.77. The van der Waals surface area contributed by atoms with Crippen LogP contribution in [0, 0.1) is 5.82 Å². The minimum absolute atomic E-state index is 0.164. The molecule has 0 aliphatic heterocycles. The maximum atomic E-state index is 12.9. The number of hydrogen-bond acceptors (Lipinski definition) is 2. The van der Waals surface area contributed by atoms with Crippen molar-refractivity contribution in [1.82, 2.24) is 9.38 Å². The summed E-state index contributed by atoms with van der Waals surface area (Å²) in [5.74, 6) is -0.688. The fourth-order valence-electron chi connectivity index (χ4n) is 2.19. The highest BCUT2D eigenvalue weighted by atomic mass is 19.1. The molecule has 2 heterocycles. The maximum absolute atomic E-state index is 12.9. The van der Waals surface area contributed by atoms with Crippen LogP contribution in [0.5, 0.6) is 0 Å². The van der Waals surface area contributed by atoms with E-state index in [9.17, 15) is 14.3 Å². The fourth-order valence-corrected chi connectivity index (χ4v) is 2.19. The molecule has 3 aromatic rings. The monoisotopic (exact) mass is 270 g/mol. The number of imidazole rings is 1. The number of carboxylic acid groups (broad SMARTS) is 1. The number of carbonyl (C=O) groups is 1. The molecule has 0 aliphatic rings. The van der Waals surface area contributed by atoms with E-state index in [0.29, 0.717) is 12.2 Å². The maximum Gasteiger partial charge on any atom is 0.352 e. The van der Waals surface area contributed by atoms with Crippen LogP contribution in [-0.4, -0.2) is 20.5 Å². The van der Waals surface area contributed by atoms with Gasteiger partial charge in [0.15, 0.2) is 0 Å².